The van der Waals surface area contributed by atoms with Crippen LogP contribution in [-0.2, 0) is 9.59 Å². The molecular formula is C27H24BrN3O5. The van der Waals surface area contributed by atoms with Gasteiger partial charge in [0.15, 0.2) is 18.1 Å². The van der Waals surface area contributed by atoms with Crippen LogP contribution >= 0.6 is 15.9 Å². The van der Waals surface area contributed by atoms with Crippen LogP contribution in [0, 0.1) is 18.3 Å². The van der Waals surface area contributed by atoms with E-state index < -0.39 is 5.91 Å². The fourth-order valence-electron chi connectivity index (χ4n) is 3.21. The summed E-state index contributed by atoms with van der Waals surface area (Å²) in [6.45, 7) is 1.64. The number of halogens is 1. The topological polar surface area (TPSA) is 110 Å². The molecule has 0 atom stereocenters. The van der Waals surface area contributed by atoms with Crippen molar-refractivity contribution in [2.75, 3.05) is 31.5 Å². The molecule has 0 spiro atoms. The van der Waals surface area contributed by atoms with Gasteiger partial charge in [-0.3, -0.25) is 9.59 Å². The molecule has 8 nitrogen and oxygen atoms in total. The minimum atomic E-state index is -0.534. The summed E-state index contributed by atoms with van der Waals surface area (Å²) in [6.07, 6.45) is 1.44. The summed E-state index contributed by atoms with van der Waals surface area (Å²) in [5, 5.41) is 15.0. The Kier molecular flexibility index (Phi) is 9.08. The van der Waals surface area contributed by atoms with Gasteiger partial charge in [0.05, 0.1) is 18.7 Å². The Labute approximate surface area is 217 Å². The lowest BCUT2D eigenvalue weighted by Crippen LogP contribution is -2.20. The van der Waals surface area contributed by atoms with Gasteiger partial charge >= 0.3 is 0 Å². The molecule has 2 amide bonds. The number of methoxy groups -OCH3 is 2. The van der Waals surface area contributed by atoms with E-state index in [0.717, 1.165) is 5.56 Å². The number of amides is 2. The van der Waals surface area contributed by atoms with Crippen molar-refractivity contribution in [3.8, 4) is 23.3 Å². The van der Waals surface area contributed by atoms with Crippen molar-refractivity contribution in [1.29, 1.82) is 5.26 Å². The molecule has 0 aliphatic carbocycles. The van der Waals surface area contributed by atoms with Crippen LogP contribution in [0.2, 0.25) is 0 Å². The lowest BCUT2D eigenvalue weighted by molar-refractivity contribution is -0.118. The fraction of sp³-hybridized carbons (Fsp3) is 0.148. The third kappa shape index (κ3) is 7.10. The molecule has 0 unspecified atom stereocenters. The highest BCUT2D eigenvalue weighted by atomic mass is 79.9. The van der Waals surface area contributed by atoms with Gasteiger partial charge in [0, 0.05) is 11.4 Å². The van der Waals surface area contributed by atoms with Crippen molar-refractivity contribution in [3.05, 3.63) is 81.8 Å². The molecule has 3 rings (SSSR count). The zero-order chi connectivity index (χ0) is 26.1. The Morgan fingerprint density at radius 2 is 1.75 bits per heavy atom. The maximum atomic E-state index is 12.6. The number of aryl methyl sites for hydroxylation is 1. The number of nitriles is 1. The molecule has 0 saturated heterocycles. The lowest BCUT2D eigenvalue weighted by atomic mass is 10.1. The molecule has 0 aliphatic heterocycles. The first-order chi connectivity index (χ1) is 17.3. The first-order valence-corrected chi connectivity index (χ1v) is 11.6. The van der Waals surface area contributed by atoms with E-state index in [1.165, 1.54) is 13.2 Å². The van der Waals surface area contributed by atoms with Gasteiger partial charge in [-0.05, 0) is 88.6 Å². The molecule has 3 aromatic carbocycles. The van der Waals surface area contributed by atoms with Crippen molar-refractivity contribution in [2.45, 2.75) is 6.92 Å². The monoisotopic (exact) mass is 549 g/mol. The predicted octanol–water partition coefficient (Wildman–Crippen LogP) is 5.34. The zero-order valence-electron chi connectivity index (χ0n) is 19.9. The van der Waals surface area contributed by atoms with Crippen molar-refractivity contribution in [1.82, 2.24) is 0 Å². The number of hydrogen-bond acceptors (Lipinski definition) is 6. The van der Waals surface area contributed by atoms with E-state index in [1.807, 2.05) is 31.2 Å². The summed E-state index contributed by atoms with van der Waals surface area (Å²) in [4.78, 5) is 24.9. The van der Waals surface area contributed by atoms with Gasteiger partial charge in [0.25, 0.3) is 11.8 Å². The van der Waals surface area contributed by atoms with E-state index in [0.29, 0.717) is 38.7 Å². The SMILES string of the molecule is COc1ccc(NC(=O)COc2c(Br)cc(/C=C(\C#N)C(=O)Nc3cccc(C)c3)cc2OC)cc1. The van der Waals surface area contributed by atoms with E-state index in [9.17, 15) is 14.9 Å². The fourth-order valence-corrected chi connectivity index (χ4v) is 3.78. The van der Waals surface area contributed by atoms with Gasteiger partial charge in [-0.1, -0.05) is 12.1 Å². The number of hydrogen-bond donors (Lipinski definition) is 2. The molecule has 0 aromatic heterocycles. The predicted molar refractivity (Wildman–Crippen MR) is 141 cm³/mol. The molecule has 2 N–H and O–H groups in total. The standard InChI is InChI=1S/C27H24BrN3O5/c1-17-5-4-6-21(11-17)31-27(33)19(15-29)12-18-13-23(28)26(24(14-18)35-3)36-16-25(32)30-20-7-9-22(34-2)10-8-20/h4-14H,16H2,1-3H3,(H,30,32)(H,31,33)/b19-12+. The maximum absolute atomic E-state index is 12.6. The molecule has 0 saturated carbocycles. The van der Waals surface area contributed by atoms with Gasteiger partial charge < -0.3 is 24.8 Å². The second-order valence-corrected chi connectivity index (χ2v) is 8.45. The first kappa shape index (κ1) is 26.3. The summed E-state index contributed by atoms with van der Waals surface area (Å²) in [7, 11) is 3.02. The minimum absolute atomic E-state index is 0.0852. The van der Waals surface area contributed by atoms with Crippen LogP contribution in [0.4, 0.5) is 11.4 Å². The van der Waals surface area contributed by atoms with Gasteiger partial charge in [-0.25, -0.2) is 0 Å². The molecule has 0 radical (unpaired) electrons. The summed E-state index contributed by atoms with van der Waals surface area (Å²) in [5.41, 5.74) is 2.63. The Balaban J connectivity index is 1.72. The van der Waals surface area contributed by atoms with E-state index >= 15 is 0 Å². The molecule has 0 fully saturated rings. The Bertz CT molecular complexity index is 1330. The highest BCUT2D eigenvalue weighted by molar-refractivity contribution is 9.10. The normalized spacial score (nSPS) is 10.7. The quantitative estimate of drug-likeness (QED) is 0.275. The summed E-state index contributed by atoms with van der Waals surface area (Å²) < 4.78 is 16.7. The average molecular weight is 550 g/mol. The number of nitrogens with zero attached hydrogens (tertiary/aromatic N) is 1. The van der Waals surface area contributed by atoms with Crippen LogP contribution in [0.3, 0.4) is 0 Å². The molecule has 0 aliphatic rings. The minimum Gasteiger partial charge on any atom is -0.497 e. The van der Waals surface area contributed by atoms with Crippen LogP contribution in [0.15, 0.2) is 70.7 Å². The van der Waals surface area contributed by atoms with Gasteiger partial charge in [0.2, 0.25) is 0 Å². The van der Waals surface area contributed by atoms with Crippen molar-refractivity contribution >= 4 is 45.2 Å². The largest absolute Gasteiger partial charge is 0.497 e. The van der Waals surface area contributed by atoms with Gasteiger partial charge in [0.1, 0.15) is 17.4 Å². The second-order valence-electron chi connectivity index (χ2n) is 7.59. The van der Waals surface area contributed by atoms with Crippen molar-refractivity contribution in [3.63, 3.8) is 0 Å². The number of carbonyl (C=O) groups is 2. The van der Waals surface area contributed by atoms with Crippen LogP contribution in [0.5, 0.6) is 17.2 Å². The number of ether oxygens (including phenoxy) is 3. The molecule has 184 valence electrons. The maximum Gasteiger partial charge on any atom is 0.266 e. The van der Waals surface area contributed by atoms with E-state index in [4.69, 9.17) is 14.2 Å². The van der Waals surface area contributed by atoms with Crippen LogP contribution in [0.1, 0.15) is 11.1 Å². The van der Waals surface area contributed by atoms with Gasteiger partial charge in [-0.2, -0.15) is 5.26 Å². The van der Waals surface area contributed by atoms with Gasteiger partial charge in [-0.15, -0.1) is 0 Å². The van der Waals surface area contributed by atoms with Crippen LogP contribution in [-0.4, -0.2) is 32.6 Å². The van der Waals surface area contributed by atoms with E-state index in [1.54, 1.807) is 49.6 Å². The molecular weight excluding hydrogens is 526 g/mol. The third-order valence-corrected chi connectivity index (χ3v) is 5.51. The highest BCUT2D eigenvalue weighted by Gasteiger charge is 2.15. The molecule has 0 heterocycles. The summed E-state index contributed by atoms with van der Waals surface area (Å²) in [6, 6.07) is 19.4. The lowest BCUT2D eigenvalue weighted by Gasteiger charge is -2.14. The first-order valence-electron chi connectivity index (χ1n) is 10.8. The smallest absolute Gasteiger partial charge is 0.266 e. The molecule has 0 bridgehead atoms. The second kappa shape index (κ2) is 12.4. The number of carbonyl (C=O) groups excluding carboxylic acids is 2. The summed E-state index contributed by atoms with van der Waals surface area (Å²) in [5.74, 6) is 0.414. The Morgan fingerprint density at radius 1 is 1.00 bits per heavy atom. The zero-order valence-corrected chi connectivity index (χ0v) is 21.5. The number of anilines is 2. The third-order valence-electron chi connectivity index (χ3n) is 4.93. The Hall–Kier alpha value is -4.29. The van der Waals surface area contributed by atoms with Crippen molar-refractivity contribution in [2.24, 2.45) is 0 Å². The van der Waals surface area contributed by atoms with Crippen molar-refractivity contribution < 1.29 is 23.8 Å². The highest BCUT2D eigenvalue weighted by Crippen LogP contribution is 2.37. The van der Waals surface area contributed by atoms with Crippen LogP contribution < -0.4 is 24.8 Å². The van der Waals surface area contributed by atoms with E-state index in [-0.39, 0.29) is 18.1 Å². The van der Waals surface area contributed by atoms with E-state index in [2.05, 4.69) is 26.6 Å². The Morgan fingerprint density at radius 3 is 2.39 bits per heavy atom. The number of rotatable bonds is 9. The number of benzene rings is 3. The van der Waals surface area contributed by atoms with Crippen LogP contribution in [0.25, 0.3) is 6.08 Å². The summed E-state index contributed by atoms with van der Waals surface area (Å²) >= 11 is 3.42. The average Bonchev–Trinajstić information content (AvgIpc) is 2.86. The molecule has 36 heavy (non-hydrogen) atoms. The number of nitrogens with one attached hydrogen (secondary N) is 2. The molecule has 9 heteroatoms. The molecule has 3 aromatic rings.